The first-order valence-corrected chi connectivity index (χ1v) is 4.79. The highest BCUT2D eigenvalue weighted by atomic mass is 16.5. The van der Waals surface area contributed by atoms with E-state index in [9.17, 15) is 0 Å². The van der Waals surface area contributed by atoms with Gasteiger partial charge in [0.2, 0.25) is 5.89 Å². The van der Waals surface area contributed by atoms with Crippen LogP contribution in [-0.2, 0) is 11.2 Å². The number of hydrogen-bond donors (Lipinski definition) is 1. The molecule has 0 amide bonds. The minimum Gasteiger partial charge on any atom is -0.393 e. The van der Waals surface area contributed by atoms with E-state index >= 15 is 0 Å². The number of ether oxygens (including phenoxy) is 1. The van der Waals surface area contributed by atoms with Crippen LogP contribution < -0.4 is 0 Å². The summed E-state index contributed by atoms with van der Waals surface area (Å²) in [6.07, 6.45) is 1.97. The molecule has 1 aliphatic rings. The molecule has 2 rings (SSSR count). The van der Waals surface area contributed by atoms with Crippen molar-refractivity contribution < 1.29 is 14.4 Å². The monoisotopic (exact) mass is 198 g/mol. The smallest absolute Gasteiger partial charge is 0.229 e. The predicted octanol–water partition coefficient (Wildman–Crippen LogP) is 0.497. The van der Waals surface area contributed by atoms with Crippen LogP contribution in [0.25, 0.3) is 0 Å². The Labute approximate surface area is 82.1 Å². The first kappa shape index (κ1) is 9.61. The molecular formula is C9H14N2O3. The Balaban J connectivity index is 1.90. The van der Waals surface area contributed by atoms with E-state index in [0.717, 1.165) is 12.8 Å². The molecule has 0 aromatic carbocycles. The van der Waals surface area contributed by atoms with Gasteiger partial charge in [0.1, 0.15) is 0 Å². The zero-order chi connectivity index (χ0) is 9.97. The highest BCUT2D eigenvalue weighted by Gasteiger charge is 2.32. The van der Waals surface area contributed by atoms with E-state index in [4.69, 9.17) is 14.4 Å². The SMILES string of the molecule is COCCc1noc(C2CC(O)C2)n1. The molecule has 0 saturated heterocycles. The highest BCUT2D eigenvalue weighted by molar-refractivity contribution is 5.01. The lowest BCUT2D eigenvalue weighted by molar-refractivity contribution is 0.0625. The molecule has 0 atom stereocenters. The van der Waals surface area contributed by atoms with Crippen LogP contribution in [0.2, 0.25) is 0 Å². The highest BCUT2D eigenvalue weighted by Crippen LogP contribution is 2.35. The molecule has 0 bridgehead atoms. The van der Waals surface area contributed by atoms with Gasteiger partial charge in [-0.25, -0.2) is 0 Å². The maximum Gasteiger partial charge on any atom is 0.229 e. The Bertz CT molecular complexity index is 294. The van der Waals surface area contributed by atoms with E-state index in [1.54, 1.807) is 7.11 Å². The van der Waals surface area contributed by atoms with Crippen molar-refractivity contribution in [3.8, 4) is 0 Å². The maximum atomic E-state index is 9.12. The Kier molecular flexibility index (Phi) is 2.79. The van der Waals surface area contributed by atoms with Gasteiger partial charge in [0.25, 0.3) is 0 Å². The Hall–Kier alpha value is -0.940. The lowest BCUT2D eigenvalue weighted by Crippen LogP contribution is -2.26. The first-order chi connectivity index (χ1) is 6.79. The summed E-state index contributed by atoms with van der Waals surface area (Å²) in [7, 11) is 1.64. The van der Waals surface area contributed by atoms with Crippen LogP contribution >= 0.6 is 0 Å². The van der Waals surface area contributed by atoms with Gasteiger partial charge in [0.05, 0.1) is 12.7 Å². The van der Waals surface area contributed by atoms with Crippen LogP contribution in [0.5, 0.6) is 0 Å². The van der Waals surface area contributed by atoms with E-state index in [2.05, 4.69) is 10.1 Å². The summed E-state index contributed by atoms with van der Waals surface area (Å²) in [6.45, 7) is 0.603. The quantitative estimate of drug-likeness (QED) is 0.762. The third-order valence-electron chi connectivity index (χ3n) is 2.48. The van der Waals surface area contributed by atoms with Gasteiger partial charge >= 0.3 is 0 Å². The van der Waals surface area contributed by atoms with Crippen molar-refractivity contribution in [2.45, 2.75) is 31.3 Å². The molecule has 1 aliphatic carbocycles. The lowest BCUT2D eigenvalue weighted by atomic mass is 9.82. The molecule has 1 aromatic rings. The molecule has 0 aliphatic heterocycles. The van der Waals surface area contributed by atoms with Crippen molar-refractivity contribution in [3.63, 3.8) is 0 Å². The second-order valence-electron chi connectivity index (χ2n) is 3.61. The lowest BCUT2D eigenvalue weighted by Gasteiger charge is -2.27. The van der Waals surface area contributed by atoms with E-state index in [1.165, 1.54) is 0 Å². The maximum absolute atomic E-state index is 9.12. The largest absolute Gasteiger partial charge is 0.393 e. The summed E-state index contributed by atoms with van der Waals surface area (Å²) < 4.78 is 10.00. The predicted molar refractivity (Wildman–Crippen MR) is 47.9 cm³/mol. The number of aliphatic hydroxyl groups is 1. The van der Waals surface area contributed by atoms with Gasteiger partial charge in [0, 0.05) is 19.4 Å². The number of aliphatic hydroxyl groups excluding tert-OH is 1. The summed E-state index contributed by atoms with van der Waals surface area (Å²) in [5.74, 6) is 1.60. The van der Waals surface area contributed by atoms with Crippen molar-refractivity contribution in [2.24, 2.45) is 0 Å². The average Bonchev–Trinajstić information content (AvgIpc) is 2.58. The van der Waals surface area contributed by atoms with Gasteiger partial charge < -0.3 is 14.4 Å². The van der Waals surface area contributed by atoms with E-state index in [1.807, 2.05) is 0 Å². The minimum atomic E-state index is -0.186. The molecule has 14 heavy (non-hydrogen) atoms. The molecule has 1 N–H and O–H groups in total. The molecule has 1 saturated carbocycles. The van der Waals surface area contributed by atoms with Crippen molar-refractivity contribution in [1.29, 1.82) is 0 Å². The molecule has 1 aromatic heterocycles. The number of nitrogens with zero attached hydrogens (tertiary/aromatic N) is 2. The van der Waals surface area contributed by atoms with E-state index in [-0.39, 0.29) is 12.0 Å². The normalized spacial score (nSPS) is 26.1. The van der Waals surface area contributed by atoms with Crippen molar-refractivity contribution in [3.05, 3.63) is 11.7 Å². The fraction of sp³-hybridized carbons (Fsp3) is 0.778. The minimum absolute atomic E-state index is 0.186. The third kappa shape index (κ3) is 1.93. The molecule has 0 radical (unpaired) electrons. The Morgan fingerprint density at radius 2 is 2.36 bits per heavy atom. The second kappa shape index (κ2) is 4.06. The molecule has 0 spiro atoms. The van der Waals surface area contributed by atoms with E-state index in [0.29, 0.717) is 24.7 Å². The fourth-order valence-corrected chi connectivity index (χ4v) is 1.52. The van der Waals surface area contributed by atoms with Crippen molar-refractivity contribution in [2.75, 3.05) is 13.7 Å². The van der Waals surface area contributed by atoms with Gasteiger partial charge in [-0.3, -0.25) is 0 Å². The van der Waals surface area contributed by atoms with Gasteiger partial charge in [-0.2, -0.15) is 4.98 Å². The molecular weight excluding hydrogens is 184 g/mol. The van der Waals surface area contributed by atoms with Crippen LogP contribution in [0.1, 0.15) is 30.5 Å². The second-order valence-corrected chi connectivity index (χ2v) is 3.61. The number of rotatable bonds is 4. The summed E-state index contributed by atoms with van der Waals surface area (Å²) >= 11 is 0. The zero-order valence-corrected chi connectivity index (χ0v) is 8.14. The average molecular weight is 198 g/mol. The van der Waals surface area contributed by atoms with Gasteiger partial charge in [0.15, 0.2) is 5.82 Å². The Morgan fingerprint density at radius 1 is 1.57 bits per heavy atom. The summed E-state index contributed by atoms with van der Waals surface area (Å²) in [5.41, 5.74) is 0. The van der Waals surface area contributed by atoms with Crippen molar-refractivity contribution in [1.82, 2.24) is 10.1 Å². The standard InChI is InChI=1S/C9H14N2O3/c1-13-3-2-8-10-9(14-11-8)6-4-7(12)5-6/h6-7,12H,2-5H2,1H3. The van der Waals surface area contributed by atoms with Gasteiger partial charge in [-0.1, -0.05) is 5.16 Å². The van der Waals surface area contributed by atoms with E-state index < -0.39 is 0 Å². The van der Waals surface area contributed by atoms with Crippen LogP contribution in [0.15, 0.2) is 4.52 Å². The van der Waals surface area contributed by atoms with Crippen LogP contribution in [0.4, 0.5) is 0 Å². The topological polar surface area (TPSA) is 68.4 Å². The number of hydrogen-bond acceptors (Lipinski definition) is 5. The molecule has 0 unspecified atom stereocenters. The number of aromatic nitrogens is 2. The molecule has 1 heterocycles. The first-order valence-electron chi connectivity index (χ1n) is 4.79. The summed E-state index contributed by atoms with van der Waals surface area (Å²) in [5, 5.41) is 13.0. The van der Waals surface area contributed by atoms with Crippen LogP contribution in [-0.4, -0.2) is 35.1 Å². The van der Waals surface area contributed by atoms with Crippen molar-refractivity contribution >= 4 is 0 Å². The molecule has 1 fully saturated rings. The van der Waals surface area contributed by atoms with Crippen LogP contribution in [0.3, 0.4) is 0 Å². The molecule has 5 nitrogen and oxygen atoms in total. The zero-order valence-electron chi connectivity index (χ0n) is 8.14. The Morgan fingerprint density at radius 3 is 3.00 bits per heavy atom. The summed E-state index contributed by atoms with van der Waals surface area (Å²) in [6, 6.07) is 0. The van der Waals surface area contributed by atoms with Crippen LogP contribution in [0, 0.1) is 0 Å². The third-order valence-corrected chi connectivity index (χ3v) is 2.48. The summed E-state index contributed by atoms with van der Waals surface area (Å²) in [4.78, 5) is 4.24. The molecule has 78 valence electrons. The van der Waals surface area contributed by atoms with Gasteiger partial charge in [-0.05, 0) is 12.8 Å². The molecule has 5 heteroatoms. The number of methoxy groups -OCH3 is 1. The van der Waals surface area contributed by atoms with Gasteiger partial charge in [-0.15, -0.1) is 0 Å². The fourth-order valence-electron chi connectivity index (χ4n) is 1.52.